The molecule has 20 heavy (non-hydrogen) atoms. The highest BCUT2D eigenvalue weighted by atomic mass is 19.1. The lowest BCUT2D eigenvalue weighted by molar-refractivity contribution is -0.385. The maximum absolute atomic E-state index is 13.9. The van der Waals surface area contributed by atoms with Gasteiger partial charge in [-0.25, -0.2) is 4.39 Å². The van der Waals surface area contributed by atoms with E-state index in [0.29, 0.717) is 13.1 Å². The van der Waals surface area contributed by atoms with Crippen molar-refractivity contribution in [1.82, 2.24) is 4.90 Å². The number of hydrogen-bond acceptors (Lipinski definition) is 5. The molecule has 1 N–H and O–H groups in total. The normalized spacial score (nSPS) is 15.6. The third-order valence-electron chi connectivity index (χ3n) is 3.17. The summed E-state index contributed by atoms with van der Waals surface area (Å²) in [6, 6.07) is 3.37. The number of carbonyl (C=O) groups is 1. The number of aliphatic hydroxyl groups excluding tert-OH is 1. The van der Waals surface area contributed by atoms with Crippen LogP contribution < -0.4 is 4.90 Å². The fourth-order valence-electron chi connectivity index (χ4n) is 2.14. The number of non-ortho nitro benzene ring substituents is 1. The van der Waals surface area contributed by atoms with Crippen LogP contribution in [0.15, 0.2) is 18.2 Å². The first-order valence-corrected chi connectivity index (χ1v) is 6.10. The van der Waals surface area contributed by atoms with Crippen molar-refractivity contribution in [2.75, 3.05) is 37.7 Å². The van der Waals surface area contributed by atoms with E-state index in [1.165, 1.54) is 21.9 Å². The molecule has 1 saturated heterocycles. The molecular weight excluding hydrogens is 269 g/mol. The van der Waals surface area contributed by atoms with E-state index in [0.717, 1.165) is 6.07 Å². The summed E-state index contributed by atoms with van der Waals surface area (Å²) in [7, 11) is 0. The molecule has 1 aromatic carbocycles. The Balaban J connectivity index is 2.14. The molecular formula is C12H14FN3O4. The van der Waals surface area contributed by atoms with Gasteiger partial charge in [0.05, 0.1) is 29.8 Å². The molecule has 1 aliphatic rings. The van der Waals surface area contributed by atoms with Gasteiger partial charge in [-0.3, -0.25) is 14.9 Å². The highest BCUT2D eigenvalue weighted by Crippen LogP contribution is 2.25. The molecule has 0 aliphatic carbocycles. The third kappa shape index (κ3) is 2.85. The second-order valence-corrected chi connectivity index (χ2v) is 4.42. The van der Waals surface area contributed by atoms with E-state index in [-0.39, 0.29) is 37.0 Å². The number of β-amino-alcohol motifs (C(OH)–C–C–N with tert-alkyl or cyclic N) is 1. The maximum atomic E-state index is 13.9. The molecule has 0 saturated carbocycles. The first-order valence-electron chi connectivity index (χ1n) is 6.10. The fourth-order valence-corrected chi connectivity index (χ4v) is 2.14. The second kappa shape index (κ2) is 5.83. The van der Waals surface area contributed by atoms with Crippen LogP contribution in [0.4, 0.5) is 15.8 Å². The number of hydrogen-bond donors (Lipinski definition) is 1. The number of aliphatic hydroxyl groups is 1. The molecule has 8 heteroatoms. The monoisotopic (exact) mass is 283 g/mol. The molecule has 1 amide bonds. The fraction of sp³-hybridized carbons (Fsp3) is 0.417. The lowest BCUT2D eigenvalue weighted by atomic mass is 10.2. The predicted octanol–water partition coefficient (Wildman–Crippen LogP) is 0.375. The van der Waals surface area contributed by atoms with Gasteiger partial charge in [-0.15, -0.1) is 0 Å². The summed E-state index contributed by atoms with van der Waals surface area (Å²) in [6.45, 7) is 0.943. The Morgan fingerprint density at radius 3 is 2.70 bits per heavy atom. The van der Waals surface area contributed by atoms with Gasteiger partial charge in [0.2, 0.25) is 5.91 Å². The van der Waals surface area contributed by atoms with Gasteiger partial charge in [0.15, 0.2) is 5.82 Å². The average molecular weight is 283 g/mol. The molecule has 1 fully saturated rings. The van der Waals surface area contributed by atoms with Crippen molar-refractivity contribution in [3.63, 3.8) is 0 Å². The molecule has 0 spiro atoms. The molecule has 7 nitrogen and oxygen atoms in total. The van der Waals surface area contributed by atoms with E-state index >= 15 is 0 Å². The molecule has 2 rings (SSSR count). The summed E-state index contributed by atoms with van der Waals surface area (Å²) in [5.74, 6) is -0.925. The van der Waals surface area contributed by atoms with Gasteiger partial charge in [-0.2, -0.15) is 0 Å². The molecule has 108 valence electrons. The molecule has 1 aliphatic heterocycles. The number of halogens is 1. The molecule has 0 aromatic heterocycles. The van der Waals surface area contributed by atoms with Gasteiger partial charge < -0.3 is 14.9 Å². The van der Waals surface area contributed by atoms with Crippen LogP contribution >= 0.6 is 0 Å². The van der Waals surface area contributed by atoms with Crippen LogP contribution in [0.5, 0.6) is 0 Å². The van der Waals surface area contributed by atoms with Crippen LogP contribution in [0.2, 0.25) is 0 Å². The Labute approximate surface area is 114 Å². The first kappa shape index (κ1) is 14.2. The molecule has 0 bridgehead atoms. The standard InChI is InChI=1S/C12H14FN3O4/c13-10-7-9(16(19)20)1-2-11(10)15-4-3-14(5-6-17)12(18)8-15/h1-2,7,17H,3-6,8H2. The average Bonchev–Trinajstić information content (AvgIpc) is 2.41. The lowest BCUT2D eigenvalue weighted by Crippen LogP contribution is -2.51. The molecule has 1 aromatic rings. The Morgan fingerprint density at radius 2 is 2.15 bits per heavy atom. The minimum atomic E-state index is -0.720. The van der Waals surface area contributed by atoms with Crippen LogP contribution in [-0.2, 0) is 4.79 Å². The predicted molar refractivity (Wildman–Crippen MR) is 68.9 cm³/mol. The van der Waals surface area contributed by atoms with Crippen molar-refractivity contribution in [2.45, 2.75) is 0 Å². The summed E-state index contributed by atoms with van der Waals surface area (Å²) in [6.07, 6.45) is 0. The van der Waals surface area contributed by atoms with Crippen molar-refractivity contribution in [2.24, 2.45) is 0 Å². The number of amides is 1. The van der Waals surface area contributed by atoms with E-state index in [1.807, 2.05) is 0 Å². The Morgan fingerprint density at radius 1 is 1.40 bits per heavy atom. The summed E-state index contributed by atoms with van der Waals surface area (Å²) >= 11 is 0. The van der Waals surface area contributed by atoms with Gasteiger partial charge in [0, 0.05) is 25.7 Å². The Hall–Kier alpha value is -2.22. The van der Waals surface area contributed by atoms with Gasteiger partial charge in [0.1, 0.15) is 0 Å². The van der Waals surface area contributed by atoms with Gasteiger partial charge in [0.25, 0.3) is 5.69 Å². The van der Waals surface area contributed by atoms with E-state index in [9.17, 15) is 19.3 Å². The molecule has 0 unspecified atom stereocenters. The third-order valence-corrected chi connectivity index (χ3v) is 3.17. The van der Waals surface area contributed by atoms with Crippen molar-refractivity contribution >= 4 is 17.3 Å². The summed E-state index contributed by atoms with van der Waals surface area (Å²) in [5.41, 5.74) is -0.149. The van der Waals surface area contributed by atoms with Crippen LogP contribution in [-0.4, -0.2) is 53.6 Å². The summed E-state index contributed by atoms with van der Waals surface area (Å²) in [4.78, 5) is 24.7. The summed E-state index contributed by atoms with van der Waals surface area (Å²) < 4.78 is 13.9. The van der Waals surface area contributed by atoms with Crippen molar-refractivity contribution in [3.05, 3.63) is 34.1 Å². The molecule has 0 radical (unpaired) electrons. The highest BCUT2D eigenvalue weighted by Gasteiger charge is 2.25. The topological polar surface area (TPSA) is 86.9 Å². The highest BCUT2D eigenvalue weighted by molar-refractivity contribution is 5.83. The van der Waals surface area contributed by atoms with Crippen LogP contribution in [0.1, 0.15) is 0 Å². The first-order chi connectivity index (χ1) is 9.52. The lowest BCUT2D eigenvalue weighted by Gasteiger charge is -2.35. The zero-order valence-electron chi connectivity index (χ0n) is 10.7. The van der Waals surface area contributed by atoms with Crippen LogP contribution in [0.3, 0.4) is 0 Å². The maximum Gasteiger partial charge on any atom is 0.272 e. The second-order valence-electron chi connectivity index (χ2n) is 4.42. The number of piperazine rings is 1. The smallest absolute Gasteiger partial charge is 0.272 e. The number of nitrogens with zero attached hydrogens (tertiary/aromatic N) is 3. The number of nitro groups is 1. The number of anilines is 1. The van der Waals surface area contributed by atoms with Gasteiger partial charge in [-0.05, 0) is 6.07 Å². The minimum Gasteiger partial charge on any atom is -0.395 e. The quantitative estimate of drug-likeness (QED) is 0.637. The van der Waals surface area contributed by atoms with E-state index in [2.05, 4.69) is 0 Å². The Bertz CT molecular complexity index is 537. The Kier molecular flexibility index (Phi) is 4.14. The molecule has 1 heterocycles. The van der Waals surface area contributed by atoms with Crippen LogP contribution in [0, 0.1) is 15.9 Å². The van der Waals surface area contributed by atoms with E-state index in [1.54, 1.807) is 0 Å². The van der Waals surface area contributed by atoms with Crippen molar-refractivity contribution < 1.29 is 19.2 Å². The number of nitro benzene ring substituents is 1. The number of carbonyl (C=O) groups excluding carboxylic acids is 1. The zero-order chi connectivity index (χ0) is 14.7. The largest absolute Gasteiger partial charge is 0.395 e. The van der Waals surface area contributed by atoms with Crippen LogP contribution in [0.25, 0.3) is 0 Å². The summed E-state index contributed by atoms with van der Waals surface area (Å²) in [5, 5.41) is 19.4. The zero-order valence-corrected chi connectivity index (χ0v) is 10.7. The van der Waals surface area contributed by atoms with Crippen molar-refractivity contribution in [3.8, 4) is 0 Å². The van der Waals surface area contributed by atoms with E-state index < -0.39 is 10.7 Å². The van der Waals surface area contributed by atoms with Crippen molar-refractivity contribution in [1.29, 1.82) is 0 Å². The minimum absolute atomic E-state index is 0.00523. The SMILES string of the molecule is O=C1CN(c2ccc([N+](=O)[O-])cc2F)CCN1CCO. The van der Waals surface area contributed by atoms with E-state index in [4.69, 9.17) is 5.11 Å². The van der Waals surface area contributed by atoms with Gasteiger partial charge >= 0.3 is 0 Å². The number of rotatable bonds is 4. The number of benzene rings is 1. The van der Waals surface area contributed by atoms with Gasteiger partial charge in [-0.1, -0.05) is 0 Å². The molecule has 0 atom stereocenters.